The first-order valence-corrected chi connectivity index (χ1v) is 6.21. The van der Waals surface area contributed by atoms with Crippen LogP contribution in [0.1, 0.15) is 24.2 Å². The molecule has 8 heteroatoms. The highest BCUT2D eigenvalue weighted by Gasteiger charge is 2.23. The number of ether oxygens (including phenoxy) is 2. The molecule has 0 unspecified atom stereocenters. The number of amides is 1. The van der Waals surface area contributed by atoms with Crippen LogP contribution in [0.4, 0.5) is 5.69 Å². The molecule has 1 aromatic carbocycles. The van der Waals surface area contributed by atoms with E-state index in [9.17, 15) is 19.7 Å². The average Bonchev–Trinajstić information content (AvgIpc) is 2.46. The van der Waals surface area contributed by atoms with Crippen LogP contribution in [0.3, 0.4) is 0 Å². The van der Waals surface area contributed by atoms with Crippen molar-refractivity contribution in [3.8, 4) is 5.75 Å². The van der Waals surface area contributed by atoms with E-state index in [4.69, 9.17) is 9.47 Å². The highest BCUT2D eigenvalue weighted by Crippen LogP contribution is 2.25. The van der Waals surface area contributed by atoms with E-state index in [1.54, 1.807) is 6.92 Å². The molecule has 0 aliphatic carbocycles. The summed E-state index contributed by atoms with van der Waals surface area (Å²) in [6.45, 7) is 3.55. The second-order valence-corrected chi connectivity index (χ2v) is 4.08. The maximum absolute atomic E-state index is 12.0. The molecule has 8 nitrogen and oxygen atoms in total. The standard InChI is InChI=1S/C13H16N2O6/c1-4-14-12(16)8(2)21-13(17)10-7-9(15(18)19)5-6-11(10)20-3/h5-8H,4H2,1-3H3,(H,14,16)/t8-/m0/s1. The highest BCUT2D eigenvalue weighted by molar-refractivity contribution is 5.95. The number of nitrogens with zero attached hydrogens (tertiary/aromatic N) is 1. The largest absolute Gasteiger partial charge is 0.496 e. The Morgan fingerprint density at radius 3 is 2.62 bits per heavy atom. The van der Waals surface area contributed by atoms with Gasteiger partial charge >= 0.3 is 5.97 Å². The zero-order valence-electron chi connectivity index (χ0n) is 11.9. The van der Waals surface area contributed by atoms with Gasteiger partial charge in [0.15, 0.2) is 6.10 Å². The van der Waals surface area contributed by atoms with E-state index in [0.717, 1.165) is 6.07 Å². The van der Waals surface area contributed by atoms with Crippen molar-refractivity contribution < 1.29 is 24.0 Å². The molecule has 1 rings (SSSR count). The van der Waals surface area contributed by atoms with Crippen LogP contribution < -0.4 is 10.1 Å². The molecule has 1 atom stereocenters. The Morgan fingerprint density at radius 2 is 2.10 bits per heavy atom. The van der Waals surface area contributed by atoms with Crippen molar-refractivity contribution in [1.82, 2.24) is 5.32 Å². The lowest BCUT2D eigenvalue weighted by Gasteiger charge is -2.14. The molecule has 0 radical (unpaired) electrons. The molecule has 1 amide bonds. The van der Waals surface area contributed by atoms with Gasteiger partial charge in [-0.1, -0.05) is 0 Å². The van der Waals surface area contributed by atoms with Gasteiger partial charge in [-0.2, -0.15) is 0 Å². The van der Waals surface area contributed by atoms with Crippen LogP contribution in [0.25, 0.3) is 0 Å². The lowest BCUT2D eigenvalue weighted by molar-refractivity contribution is -0.384. The summed E-state index contributed by atoms with van der Waals surface area (Å²) < 4.78 is 9.94. The number of non-ortho nitro benzene ring substituents is 1. The Hall–Kier alpha value is -2.64. The fourth-order valence-corrected chi connectivity index (χ4v) is 1.56. The SMILES string of the molecule is CCNC(=O)[C@H](C)OC(=O)c1cc([N+](=O)[O-])ccc1OC. The van der Waals surface area contributed by atoms with Gasteiger partial charge in [0.1, 0.15) is 11.3 Å². The van der Waals surface area contributed by atoms with Crippen molar-refractivity contribution in [3.05, 3.63) is 33.9 Å². The van der Waals surface area contributed by atoms with Crippen molar-refractivity contribution in [1.29, 1.82) is 0 Å². The number of methoxy groups -OCH3 is 1. The maximum Gasteiger partial charge on any atom is 0.342 e. The number of esters is 1. The summed E-state index contributed by atoms with van der Waals surface area (Å²) in [7, 11) is 1.32. The summed E-state index contributed by atoms with van der Waals surface area (Å²) in [6.07, 6.45) is -1.01. The Bertz CT molecular complexity index is 558. The monoisotopic (exact) mass is 296 g/mol. The van der Waals surface area contributed by atoms with Crippen LogP contribution in [0.5, 0.6) is 5.75 Å². The van der Waals surface area contributed by atoms with Gasteiger partial charge in [0.05, 0.1) is 12.0 Å². The number of carbonyl (C=O) groups excluding carboxylic acids is 2. The van der Waals surface area contributed by atoms with Crippen molar-refractivity contribution in [2.75, 3.05) is 13.7 Å². The molecular weight excluding hydrogens is 280 g/mol. The number of likely N-dealkylation sites (N-methyl/N-ethyl adjacent to an activating group) is 1. The lowest BCUT2D eigenvalue weighted by Crippen LogP contribution is -2.35. The number of nitro benzene ring substituents is 1. The average molecular weight is 296 g/mol. The van der Waals surface area contributed by atoms with Gasteiger partial charge in [-0.3, -0.25) is 14.9 Å². The number of hydrogen-bond donors (Lipinski definition) is 1. The zero-order chi connectivity index (χ0) is 16.0. The molecule has 21 heavy (non-hydrogen) atoms. The van der Waals surface area contributed by atoms with E-state index >= 15 is 0 Å². The first-order chi connectivity index (χ1) is 9.90. The minimum absolute atomic E-state index is 0.108. The van der Waals surface area contributed by atoms with E-state index < -0.39 is 22.9 Å². The van der Waals surface area contributed by atoms with Crippen LogP contribution in [0, 0.1) is 10.1 Å². The zero-order valence-corrected chi connectivity index (χ0v) is 11.9. The van der Waals surface area contributed by atoms with Crippen LogP contribution in [0.2, 0.25) is 0 Å². The van der Waals surface area contributed by atoms with Gasteiger partial charge < -0.3 is 14.8 Å². The molecule has 114 valence electrons. The van der Waals surface area contributed by atoms with Gasteiger partial charge in [0.25, 0.3) is 11.6 Å². The van der Waals surface area contributed by atoms with E-state index in [0.29, 0.717) is 6.54 Å². The second kappa shape index (κ2) is 7.22. The third kappa shape index (κ3) is 4.16. The van der Waals surface area contributed by atoms with Crippen molar-refractivity contribution >= 4 is 17.6 Å². The van der Waals surface area contributed by atoms with Crippen LogP contribution in [-0.4, -0.2) is 36.6 Å². The molecule has 0 aromatic heterocycles. The van der Waals surface area contributed by atoms with Crippen molar-refractivity contribution in [3.63, 3.8) is 0 Å². The molecule has 0 bridgehead atoms. The molecule has 0 heterocycles. The first kappa shape index (κ1) is 16.4. The molecule has 1 N–H and O–H groups in total. The van der Waals surface area contributed by atoms with Gasteiger partial charge in [-0.15, -0.1) is 0 Å². The molecular formula is C13H16N2O6. The summed E-state index contributed by atoms with van der Waals surface area (Å²) in [5.74, 6) is -1.18. The first-order valence-electron chi connectivity index (χ1n) is 6.21. The van der Waals surface area contributed by atoms with Gasteiger partial charge in [-0.25, -0.2) is 4.79 Å². The van der Waals surface area contributed by atoms with E-state index in [2.05, 4.69) is 5.32 Å². The molecule has 0 spiro atoms. The lowest BCUT2D eigenvalue weighted by atomic mass is 10.1. The van der Waals surface area contributed by atoms with Crippen LogP contribution in [0.15, 0.2) is 18.2 Å². The number of carbonyl (C=O) groups is 2. The van der Waals surface area contributed by atoms with Gasteiger partial charge in [-0.05, 0) is 19.9 Å². The predicted molar refractivity (Wildman–Crippen MR) is 73.2 cm³/mol. The quantitative estimate of drug-likeness (QED) is 0.481. The maximum atomic E-state index is 12.0. The molecule has 0 fully saturated rings. The number of benzene rings is 1. The van der Waals surface area contributed by atoms with E-state index in [1.807, 2.05) is 0 Å². The highest BCUT2D eigenvalue weighted by atomic mass is 16.6. The molecule has 0 aliphatic rings. The van der Waals surface area contributed by atoms with E-state index in [1.165, 1.54) is 26.2 Å². The third-order valence-electron chi connectivity index (χ3n) is 2.62. The smallest absolute Gasteiger partial charge is 0.342 e. The van der Waals surface area contributed by atoms with Gasteiger partial charge in [0.2, 0.25) is 0 Å². The fraction of sp³-hybridized carbons (Fsp3) is 0.385. The Kier molecular flexibility index (Phi) is 5.65. The summed E-state index contributed by atoms with van der Waals surface area (Å²) in [6, 6.07) is 3.56. The minimum Gasteiger partial charge on any atom is -0.496 e. The Morgan fingerprint density at radius 1 is 1.43 bits per heavy atom. The van der Waals surface area contributed by atoms with Crippen LogP contribution >= 0.6 is 0 Å². The number of nitro groups is 1. The Labute approximate surface area is 121 Å². The van der Waals surface area contributed by atoms with Crippen molar-refractivity contribution in [2.24, 2.45) is 0 Å². The fourth-order valence-electron chi connectivity index (χ4n) is 1.56. The summed E-state index contributed by atoms with van der Waals surface area (Å²) in [4.78, 5) is 33.6. The molecule has 0 saturated heterocycles. The second-order valence-electron chi connectivity index (χ2n) is 4.08. The van der Waals surface area contributed by atoms with Crippen molar-refractivity contribution in [2.45, 2.75) is 20.0 Å². The van der Waals surface area contributed by atoms with Crippen LogP contribution in [-0.2, 0) is 9.53 Å². The molecule has 0 aliphatic heterocycles. The molecule has 0 saturated carbocycles. The Balaban J connectivity index is 2.97. The predicted octanol–water partition coefficient (Wildman–Crippen LogP) is 1.28. The van der Waals surface area contributed by atoms with E-state index in [-0.39, 0.29) is 17.0 Å². The number of rotatable bonds is 6. The number of hydrogen-bond acceptors (Lipinski definition) is 6. The molecule has 1 aromatic rings. The summed E-state index contributed by atoms with van der Waals surface area (Å²) >= 11 is 0. The number of nitrogens with one attached hydrogen (secondary N) is 1. The minimum atomic E-state index is -1.01. The third-order valence-corrected chi connectivity index (χ3v) is 2.62. The topological polar surface area (TPSA) is 108 Å². The summed E-state index contributed by atoms with van der Waals surface area (Å²) in [5, 5.41) is 13.2. The summed E-state index contributed by atoms with van der Waals surface area (Å²) in [5.41, 5.74) is -0.378. The normalized spacial score (nSPS) is 11.4. The van der Waals surface area contributed by atoms with Gasteiger partial charge in [0, 0.05) is 18.7 Å².